The summed E-state index contributed by atoms with van der Waals surface area (Å²) in [6, 6.07) is 13.1. The number of aromatic nitrogens is 2. The van der Waals surface area contributed by atoms with Crippen molar-refractivity contribution >= 4 is 35.3 Å². The number of rotatable bonds is 4. The molecule has 0 aliphatic carbocycles. The highest BCUT2D eigenvalue weighted by atomic mass is 35.5. The Morgan fingerprint density at radius 3 is 2.80 bits per heavy atom. The molecule has 1 aromatic heterocycles. The molecule has 0 radical (unpaired) electrons. The molecule has 0 aliphatic rings. The van der Waals surface area contributed by atoms with Crippen molar-refractivity contribution in [2.75, 3.05) is 0 Å². The molecule has 6 nitrogen and oxygen atoms in total. The van der Waals surface area contributed by atoms with E-state index in [0.29, 0.717) is 26.9 Å². The van der Waals surface area contributed by atoms with Gasteiger partial charge in [-0.15, -0.1) is 0 Å². The fourth-order valence-corrected chi connectivity index (χ4v) is 2.61. The molecular formula is C17H12Cl2N4O2. The summed E-state index contributed by atoms with van der Waals surface area (Å²) in [4.78, 5) is 12.1. The van der Waals surface area contributed by atoms with Gasteiger partial charge in [-0.3, -0.25) is 9.89 Å². The topological polar surface area (TPSA) is 90.4 Å². The first kappa shape index (κ1) is 17.0. The molecule has 0 fully saturated rings. The maximum Gasteiger partial charge on any atom is 0.289 e. The minimum Gasteiger partial charge on any atom is -0.508 e. The number of nitrogens with zero attached hydrogens (tertiary/aromatic N) is 2. The molecular weight excluding hydrogens is 363 g/mol. The molecule has 2 aromatic carbocycles. The van der Waals surface area contributed by atoms with Crippen LogP contribution in [0.2, 0.25) is 10.0 Å². The molecule has 25 heavy (non-hydrogen) atoms. The van der Waals surface area contributed by atoms with E-state index >= 15 is 0 Å². The van der Waals surface area contributed by atoms with Gasteiger partial charge in [0, 0.05) is 10.6 Å². The van der Waals surface area contributed by atoms with Gasteiger partial charge in [0.2, 0.25) is 0 Å². The molecule has 0 atom stereocenters. The fourth-order valence-electron chi connectivity index (χ4n) is 2.10. The van der Waals surface area contributed by atoms with Gasteiger partial charge in [-0.1, -0.05) is 35.3 Å². The number of aromatic hydroxyl groups is 1. The van der Waals surface area contributed by atoms with E-state index in [-0.39, 0.29) is 11.4 Å². The highest BCUT2D eigenvalue weighted by Crippen LogP contribution is 2.29. The van der Waals surface area contributed by atoms with Crippen LogP contribution < -0.4 is 5.43 Å². The summed E-state index contributed by atoms with van der Waals surface area (Å²) in [5, 5.41) is 20.9. The van der Waals surface area contributed by atoms with E-state index in [2.05, 4.69) is 20.7 Å². The Labute approximate surface area is 153 Å². The number of carbonyl (C=O) groups excluding carboxylic acids is 1. The van der Waals surface area contributed by atoms with Crippen molar-refractivity contribution in [3.63, 3.8) is 0 Å². The second kappa shape index (κ2) is 7.38. The molecule has 3 N–H and O–H groups in total. The number of phenolic OH excluding ortho intramolecular Hbond substituents is 1. The van der Waals surface area contributed by atoms with E-state index in [0.717, 1.165) is 0 Å². The highest BCUT2D eigenvalue weighted by Gasteiger charge is 2.12. The van der Waals surface area contributed by atoms with E-state index in [4.69, 9.17) is 23.2 Å². The Morgan fingerprint density at radius 1 is 1.20 bits per heavy atom. The smallest absolute Gasteiger partial charge is 0.289 e. The second-order valence-electron chi connectivity index (χ2n) is 5.09. The molecule has 0 aliphatic heterocycles. The lowest BCUT2D eigenvalue weighted by molar-refractivity contribution is 0.0950. The van der Waals surface area contributed by atoms with E-state index < -0.39 is 5.91 Å². The molecule has 0 bridgehead atoms. The first-order chi connectivity index (χ1) is 12.0. The Bertz CT molecular complexity index is 953. The maximum absolute atomic E-state index is 12.1. The fraction of sp³-hybridized carbons (Fsp3) is 0. The number of phenols is 1. The average Bonchev–Trinajstić information content (AvgIpc) is 3.04. The Balaban J connectivity index is 1.70. The largest absolute Gasteiger partial charge is 0.508 e. The predicted molar refractivity (Wildman–Crippen MR) is 97.2 cm³/mol. The van der Waals surface area contributed by atoms with Crippen LogP contribution in [0.5, 0.6) is 5.75 Å². The molecule has 3 aromatic rings. The first-order valence-corrected chi connectivity index (χ1v) is 7.92. The molecule has 8 heteroatoms. The predicted octanol–water partition coefficient (Wildman–Crippen LogP) is 3.85. The third kappa shape index (κ3) is 4.17. The standard InChI is InChI=1S/C17H12Cl2N4O2/c18-11-4-5-13(14(19)7-11)15-8-16(22-21-15)17(25)23-20-9-10-2-1-3-12(24)6-10/h1-9,24H,(H,21,22)(H,23,25)/b20-9+. The zero-order valence-corrected chi connectivity index (χ0v) is 14.2. The molecule has 0 unspecified atom stereocenters. The van der Waals surface area contributed by atoms with Crippen molar-refractivity contribution in [2.24, 2.45) is 5.10 Å². The lowest BCUT2D eigenvalue weighted by Gasteiger charge is -2.00. The van der Waals surface area contributed by atoms with Gasteiger partial charge in [-0.2, -0.15) is 10.2 Å². The Hall–Kier alpha value is -2.83. The van der Waals surface area contributed by atoms with E-state index in [1.165, 1.54) is 12.3 Å². The lowest BCUT2D eigenvalue weighted by atomic mass is 10.1. The van der Waals surface area contributed by atoms with Gasteiger partial charge >= 0.3 is 0 Å². The number of H-pyrrole nitrogens is 1. The molecule has 0 saturated heterocycles. The zero-order valence-electron chi connectivity index (χ0n) is 12.7. The van der Waals surface area contributed by atoms with Gasteiger partial charge in [0.05, 0.1) is 16.9 Å². The van der Waals surface area contributed by atoms with Crippen LogP contribution in [0.4, 0.5) is 0 Å². The lowest BCUT2D eigenvalue weighted by Crippen LogP contribution is -2.17. The van der Waals surface area contributed by atoms with E-state index in [1.807, 2.05) is 0 Å². The normalized spacial score (nSPS) is 11.0. The minimum absolute atomic E-state index is 0.119. The van der Waals surface area contributed by atoms with Gasteiger partial charge < -0.3 is 5.11 Å². The third-order valence-corrected chi connectivity index (χ3v) is 3.83. The summed E-state index contributed by atoms with van der Waals surface area (Å²) in [5.41, 5.74) is 4.44. The molecule has 1 heterocycles. The summed E-state index contributed by atoms with van der Waals surface area (Å²) in [6.45, 7) is 0. The molecule has 0 spiro atoms. The number of benzene rings is 2. The van der Waals surface area contributed by atoms with Crippen molar-refractivity contribution in [2.45, 2.75) is 0 Å². The van der Waals surface area contributed by atoms with E-state index in [9.17, 15) is 9.90 Å². The SMILES string of the molecule is O=C(N/N=C/c1cccc(O)c1)c1cc(-c2ccc(Cl)cc2Cl)n[nH]1. The Kier molecular flexibility index (Phi) is 5.02. The number of carbonyl (C=O) groups is 1. The highest BCUT2D eigenvalue weighted by molar-refractivity contribution is 6.36. The number of halogens is 2. The molecule has 0 saturated carbocycles. The first-order valence-electron chi connectivity index (χ1n) is 7.16. The third-order valence-electron chi connectivity index (χ3n) is 3.28. The Morgan fingerprint density at radius 2 is 2.04 bits per heavy atom. The second-order valence-corrected chi connectivity index (χ2v) is 5.93. The van der Waals surface area contributed by atoms with Crippen LogP contribution in [-0.4, -0.2) is 27.4 Å². The summed E-state index contributed by atoms with van der Waals surface area (Å²) < 4.78 is 0. The van der Waals surface area contributed by atoms with Gasteiger partial charge in [0.15, 0.2) is 0 Å². The summed E-state index contributed by atoms with van der Waals surface area (Å²) >= 11 is 12.0. The van der Waals surface area contributed by atoms with Crippen LogP contribution in [0.25, 0.3) is 11.3 Å². The van der Waals surface area contributed by atoms with Crippen LogP contribution in [0, 0.1) is 0 Å². The number of hydrogen-bond donors (Lipinski definition) is 3. The van der Waals surface area contributed by atoms with Gasteiger partial charge in [0.1, 0.15) is 11.4 Å². The summed E-state index contributed by atoms with van der Waals surface area (Å²) in [7, 11) is 0. The quantitative estimate of drug-likeness (QED) is 0.478. The van der Waals surface area contributed by atoms with Crippen LogP contribution in [0.1, 0.15) is 16.1 Å². The summed E-state index contributed by atoms with van der Waals surface area (Å²) in [5.74, 6) is -0.339. The zero-order chi connectivity index (χ0) is 17.8. The van der Waals surface area contributed by atoms with Crippen LogP contribution in [-0.2, 0) is 0 Å². The average molecular weight is 375 g/mol. The number of hydrogen-bond acceptors (Lipinski definition) is 4. The van der Waals surface area contributed by atoms with Crippen molar-refractivity contribution in [3.8, 4) is 17.0 Å². The van der Waals surface area contributed by atoms with Crippen LogP contribution in [0.15, 0.2) is 53.6 Å². The van der Waals surface area contributed by atoms with Crippen LogP contribution in [0.3, 0.4) is 0 Å². The van der Waals surface area contributed by atoms with Gasteiger partial charge in [0.25, 0.3) is 5.91 Å². The number of nitrogens with one attached hydrogen (secondary N) is 2. The van der Waals surface area contributed by atoms with Crippen molar-refractivity contribution < 1.29 is 9.90 Å². The van der Waals surface area contributed by atoms with Crippen molar-refractivity contribution in [1.82, 2.24) is 15.6 Å². The number of amides is 1. The van der Waals surface area contributed by atoms with Crippen molar-refractivity contribution in [3.05, 3.63) is 69.8 Å². The summed E-state index contributed by atoms with van der Waals surface area (Å²) in [6.07, 6.45) is 1.42. The van der Waals surface area contributed by atoms with Gasteiger partial charge in [-0.05, 0) is 42.0 Å². The monoisotopic (exact) mass is 374 g/mol. The molecule has 1 amide bonds. The minimum atomic E-state index is -0.458. The number of aromatic amines is 1. The van der Waals surface area contributed by atoms with Crippen molar-refractivity contribution in [1.29, 1.82) is 0 Å². The van der Waals surface area contributed by atoms with Crippen LogP contribution >= 0.6 is 23.2 Å². The maximum atomic E-state index is 12.1. The molecule has 126 valence electrons. The van der Waals surface area contributed by atoms with Gasteiger partial charge in [-0.25, -0.2) is 5.43 Å². The molecule has 3 rings (SSSR count). The number of hydrazone groups is 1. The van der Waals surface area contributed by atoms with E-state index in [1.54, 1.807) is 42.5 Å².